The molecule has 0 amide bonds. The van der Waals surface area contributed by atoms with Crippen LogP contribution in [0.4, 0.5) is 0 Å². The highest BCUT2D eigenvalue weighted by Crippen LogP contribution is 2.31. The summed E-state index contributed by atoms with van der Waals surface area (Å²) in [6, 6.07) is 20.9. The van der Waals surface area contributed by atoms with Gasteiger partial charge in [-0.15, -0.1) is 0 Å². The molecule has 0 aromatic heterocycles. The van der Waals surface area contributed by atoms with Gasteiger partial charge in [-0.05, 0) is 67.4 Å². The highest BCUT2D eigenvalue weighted by molar-refractivity contribution is 5.88. The van der Waals surface area contributed by atoms with Crippen LogP contribution in [-0.4, -0.2) is 49.0 Å². The molecule has 1 aliphatic heterocycles. The Morgan fingerprint density at radius 2 is 1.68 bits per heavy atom. The molecule has 0 bridgehead atoms. The molecular formula is C27H33NO3. The predicted molar refractivity (Wildman–Crippen MR) is 126 cm³/mol. The van der Waals surface area contributed by atoms with E-state index in [1.807, 2.05) is 6.07 Å². The molecule has 1 heterocycles. The molecule has 0 saturated carbocycles. The van der Waals surface area contributed by atoms with Gasteiger partial charge in [-0.2, -0.15) is 0 Å². The number of rotatable bonds is 9. The van der Waals surface area contributed by atoms with Crippen LogP contribution in [0.5, 0.6) is 11.5 Å². The quantitative estimate of drug-likeness (QED) is 0.527. The Morgan fingerprint density at radius 1 is 0.903 bits per heavy atom. The number of likely N-dealkylation sites (tertiary alicyclic amines) is 1. The second-order valence-electron chi connectivity index (χ2n) is 8.49. The fraction of sp³-hybridized carbons (Fsp3) is 0.407. The van der Waals surface area contributed by atoms with Gasteiger partial charge in [-0.1, -0.05) is 48.9 Å². The van der Waals surface area contributed by atoms with Crippen LogP contribution in [0.25, 0.3) is 10.8 Å². The molecule has 1 saturated heterocycles. The summed E-state index contributed by atoms with van der Waals surface area (Å²) >= 11 is 0. The van der Waals surface area contributed by atoms with Crippen LogP contribution >= 0.6 is 0 Å². The van der Waals surface area contributed by atoms with Crippen molar-refractivity contribution >= 4 is 10.8 Å². The average Bonchev–Trinajstić information content (AvgIpc) is 2.80. The first kappa shape index (κ1) is 21.7. The van der Waals surface area contributed by atoms with Crippen LogP contribution in [0.1, 0.15) is 37.3 Å². The molecule has 3 aromatic carbocycles. The minimum Gasteiger partial charge on any atom is -0.492 e. The SMILES string of the molecule is CC(O)COc1ccc2ccccc2c1Cc1ccc(OCCN2CCCCC2)cc1. The third kappa shape index (κ3) is 5.99. The van der Waals surface area contributed by atoms with Gasteiger partial charge in [-0.25, -0.2) is 0 Å². The fourth-order valence-corrected chi connectivity index (χ4v) is 4.23. The van der Waals surface area contributed by atoms with Gasteiger partial charge < -0.3 is 14.6 Å². The molecule has 164 valence electrons. The van der Waals surface area contributed by atoms with Gasteiger partial charge in [0.1, 0.15) is 24.7 Å². The number of aliphatic hydroxyl groups is 1. The van der Waals surface area contributed by atoms with Crippen LogP contribution in [0.15, 0.2) is 60.7 Å². The number of fused-ring (bicyclic) bond motifs is 1. The molecule has 1 fully saturated rings. The van der Waals surface area contributed by atoms with Gasteiger partial charge >= 0.3 is 0 Å². The topological polar surface area (TPSA) is 41.9 Å². The second kappa shape index (κ2) is 10.7. The summed E-state index contributed by atoms with van der Waals surface area (Å²) in [6.45, 7) is 6.17. The van der Waals surface area contributed by atoms with Crippen molar-refractivity contribution < 1.29 is 14.6 Å². The largest absolute Gasteiger partial charge is 0.492 e. The summed E-state index contributed by atoms with van der Waals surface area (Å²) < 4.78 is 11.9. The van der Waals surface area contributed by atoms with Crippen molar-refractivity contribution in [2.75, 3.05) is 32.8 Å². The third-order valence-electron chi connectivity index (χ3n) is 5.91. The Balaban J connectivity index is 1.43. The van der Waals surface area contributed by atoms with Crippen molar-refractivity contribution in [3.8, 4) is 11.5 Å². The summed E-state index contributed by atoms with van der Waals surface area (Å²) in [5.74, 6) is 1.76. The molecule has 0 spiro atoms. The van der Waals surface area contributed by atoms with Crippen molar-refractivity contribution in [1.82, 2.24) is 4.90 Å². The monoisotopic (exact) mass is 419 g/mol. The molecular weight excluding hydrogens is 386 g/mol. The lowest BCUT2D eigenvalue weighted by atomic mass is 9.97. The zero-order valence-corrected chi connectivity index (χ0v) is 18.4. The summed E-state index contributed by atoms with van der Waals surface area (Å²) in [4.78, 5) is 2.49. The van der Waals surface area contributed by atoms with Gasteiger partial charge in [0.15, 0.2) is 0 Å². The van der Waals surface area contributed by atoms with Crippen LogP contribution in [0.3, 0.4) is 0 Å². The van der Waals surface area contributed by atoms with Gasteiger partial charge in [0.05, 0.1) is 6.10 Å². The third-order valence-corrected chi connectivity index (χ3v) is 5.91. The lowest BCUT2D eigenvalue weighted by molar-refractivity contribution is 0.122. The molecule has 4 nitrogen and oxygen atoms in total. The van der Waals surface area contributed by atoms with Crippen LogP contribution < -0.4 is 9.47 Å². The predicted octanol–water partition coefficient (Wildman–Crippen LogP) is 5.05. The van der Waals surface area contributed by atoms with Crippen molar-refractivity contribution in [2.24, 2.45) is 0 Å². The lowest BCUT2D eigenvalue weighted by Crippen LogP contribution is -2.33. The standard InChI is InChI=1S/C27H33NO3/c1-21(29)20-31-27-14-11-23-7-3-4-8-25(23)26(27)19-22-9-12-24(13-10-22)30-18-17-28-15-5-2-6-16-28/h3-4,7-14,21,29H,2,5-6,15-20H2,1H3. The number of hydrogen-bond donors (Lipinski definition) is 1. The number of nitrogens with zero attached hydrogens (tertiary/aromatic N) is 1. The highest BCUT2D eigenvalue weighted by atomic mass is 16.5. The smallest absolute Gasteiger partial charge is 0.123 e. The normalized spacial score (nSPS) is 15.7. The number of piperidine rings is 1. The van der Waals surface area contributed by atoms with E-state index in [1.54, 1.807) is 6.92 Å². The minimum atomic E-state index is -0.499. The molecule has 3 aromatic rings. The summed E-state index contributed by atoms with van der Waals surface area (Å²) in [6.07, 6.45) is 4.25. The van der Waals surface area contributed by atoms with E-state index in [0.29, 0.717) is 0 Å². The van der Waals surface area contributed by atoms with Crippen molar-refractivity contribution in [3.05, 3.63) is 71.8 Å². The van der Waals surface area contributed by atoms with E-state index in [9.17, 15) is 5.11 Å². The average molecular weight is 420 g/mol. The van der Waals surface area contributed by atoms with Crippen molar-refractivity contribution in [1.29, 1.82) is 0 Å². The first-order chi connectivity index (χ1) is 15.2. The van der Waals surface area contributed by atoms with E-state index in [1.165, 1.54) is 48.7 Å². The first-order valence-electron chi connectivity index (χ1n) is 11.4. The zero-order chi connectivity index (χ0) is 21.5. The van der Waals surface area contributed by atoms with E-state index >= 15 is 0 Å². The Labute approximate surface area is 185 Å². The first-order valence-corrected chi connectivity index (χ1v) is 11.4. The Kier molecular flexibility index (Phi) is 7.44. The summed E-state index contributed by atoms with van der Waals surface area (Å²) in [5, 5.41) is 12.0. The number of benzene rings is 3. The zero-order valence-electron chi connectivity index (χ0n) is 18.4. The molecule has 4 rings (SSSR count). The molecule has 31 heavy (non-hydrogen) atoms. The Bertz CT molecular complexity index is 962. The molecule has 1 atom stereocenters. The molecule has 1 unspecified atom stereocenters. The number of ether oxygens (including phenoxy) is 2. The van der Waals surface area contributed by atoms with E-state index < -0.39 is 6.10 Å². The van der Waals surface area contributed by atoms with Crippen molar-refractivity contribution in [3.63, 3.8) is 0 Å². The molecule has 1 N–H and O–H groups in total. The van der Waals surface area contributed by atoms with E-state index in [4.69, 9.17) is 9.47 Å². The Hall–Kier alpha value is -2.56. The van der Waals surface area contributed by atoms with E-state index in [2.05, 4.69) is 59.5 Å². The van der Waals surface area contributed by atoms with Gasteiger partial charge in [-0.3, -0.25) is 4.90 Å². The maximum atomic E-state index is 9.65. The fourth-order valence-electron chi connectivity index (χ4n) is 4.23. The second-order valence-corrected chi connectivity index (χ2v) is 8.49. The molecule has 0 radical (unpaired) electrons. The van der Waals surface area contributed by atoms with E-state index in [0.717, 1.165) is 36.6 Å². The summed E-state index contributed by atoms with van der Waals surface area (Å²) in [7, 11) is 0. The molecule has 0 aliphatic carbocycles. The lowest BCUT2D eigenvalue weighted by Gasteiger charge is -2.26. The van der Waals surface area contributed by atoms with Gasteiger partial charge in [0.2, 0.25) is 0 Å². The van der Waals surface area contributed by atoms with Crippen molar-refractivity contribution in [2.45, 2.75) is 38.7 Å². The van der Waals surface area contributed by atoms with E-state index in [-0.39, 0.29) is 6.61 Å². The number of hydrogen-bond acceptors (Lipinski definition) is 4. The highest BCUT2D eigenvalue weighted by Gasteiger charge is 2.12. The summed E-state index contributed by atoms with van der Waals surface area (Å²) in [5.41, 5.74) is 2.36. The molecule has 1 aliphatic rings. The van der Waals surface area contributed by atoms with Crippen LogP contribution in [0, 0.1) is 0 Å². The maximum absolute atomic E-state index is 9.65. The maximum Gasteiger partial charge on any atom is 0.123 e. The number of aliphatic hydroxyl groups excluding tert-OH is 1. The van der Waals surface area contributed by atoms with Crippen LogP contribution in [0.2, 0.25) is 0 Å². The minimum absolute atomic E-state index is 0.287. The van der Waals surface area contributed by atoms with Gasteiger partial charge in [0, 0.05) is 18.5 Å². The van der Waals surface area contributed by atoms with Gasteiger partial charge in [0.25, 0.3) is 0 Å². The van der Waals surface area contributed by atoms with Crippen LogP contribution in [-0.2, 0) is 6.42 Å². The Morgan fingerprint density at radius 3 is 2.45 bits per heavy atom. The molecule has 4 heteroatoms.